The standard InChI is InChI=1S/C5H4F3N3O/c6-5(7,8)11-2-1-10-4(11)3(9)12/h1-2H,(H2,9,12). The van der Waals surface area contributed by atoms with Crippen LogP contribution in [-0.2, 0) is 6.30 Å². The highest BCUT2D eigenvalue weighted by atomic mass is 19.4. The first-order valence-electron chi connectivity index (χ1n) is 2.83. The van der Waals surface area contributed by atoms with E-state index in [-0.39, 0.29) is 4.57 Å². The highest BCUT2D eigenvalue weighted by molar-refractivity contribution is 5.89. The minimum atomic E-state index is -4.65. The molecule has 0 aliphatic carbocycles. The third-order valence-corrected chi connectivity index (χ3v) is 1.13. The Morgan fingerprint density at radius 1 is 1.58 bits per heavy atom. The predicted octanol–water partition coefficient (Wildman–Crippen LogP) is 0.458. The molecule has 1 aromatic rings. The van der Waals surface area contributed by atoms with E-state index in [1.165, 1.54) is 0 Å². The number of hydrogen-bond acceptors (Lipinski definition) is 2. The molecule has 0 aliphatic rings. The fraction of sp³-hybridized carbons (Fsp3) is 0.200. The number of hydrogen-bond donors (Lipinski definition) is 1. The molecule has 0 aromatic carbocycles. The van der Waals surface area contributed by atoms with Crippen molar-refractivity contribution in [3.05, 3.63) is 18.2 Å². The van der Waals surface area contributed by atoms with E-state index >= 15 is 0 Å². The van der Waals surface area contributed by atoms with Crippen molar-refractivity contribution in [2.24, 2.45) is 5.73 Å². The van der Waals surface area contributed by atoms with Gasteiger partial charge in [-0.1, -0.05) is 0 Å². The van der Waals surface area contributed by atoms with Gasteiger partial charge in [-0.05, 0) is 0 Å². The number of nitrogens with two attached hydrogens (primary N) is 1. The zero-order valence-corrected chi connectivity index (χ0v) is 5.67. The molecule has 1 rings (SSSR count). The second-order valence-electron chi connectivity index (χ2n) is 1.95. The van der Waals surface area contributed by atoms with E-state index < -0.39 is 18.0 Å². The van der Waals surface area contributed by atoms with E-state index in [1.807, 2.05) is 0 Å². The number of carbonyl (C=O) groups excluding carboxylic acids is 1. The van der Waals surface area contributed by atoms with E-state index in [1.54, 1.807) is 0 Å². The van der Waals surface area contributed by atoms with Gasteiger partial charge in [0, 0.05) is 12.4 Å². The molecule has 0 saturated heterocycles. The summed E-state index contributed by atoms with van der Waals surface area (Å²) < 4.78 is 35.6. The molecule has 12 heavy (non-hydrogen) atoms. The Morgan fingerprint density at radius 2 is 2.17 bits per heavy atom. The lowest BCUT2D eigenvalue weighted by Gasteiger charge is -2.08. The van der Waals surface area contributed by atoms with Crippen LogP contribution >= 0.6 is 0 Å². The topological polar surface area (TPSA) is 60.9 Å². The van der Waals surface area contributed by atoms with Gasteiger partial charge in [-0.15, -0.1) is 13.2 Å². The Labute approximate surface area is 64.8 Å². The normalized spacial score (nSPS) is 11.6. The smallest absolute Gasteiger partial charge is 0.363 e. The lowest BCUT2D eigenvalue weighted by molar-refractivity contribution is -0.204. The summed E-state index contributed by atoms with van der Waals surface area (Å²) in [6, 6.07) is 0. The zero-order chi connectivity index (χ0) is 9.35. The molecule has 0 spiro atoms. The first kappa shape index (κ1) is 8.57. The molecule has 1 amide bonds. The van der Waals surface area contributed by atoms with Gasteiger partial charge in [0.05, 0.1) is 0 Å². The van der Waals surface area contributed by atoms with Gasteiger partial charge in [0.15, 0.2) is 0 Å². The van der Waals surface area contributed by atoms with E-state index in [0.717, 1.165) is 6.20 Å². The number of nitrogens with zero attached hydrogens (tertiary/aromatic N) is 2. The molecule has 4 nitrogen and oxygen atoms in total. The Bertz CT molecular complexity index is 303. The number of amides is 1. The van der Waals surface area contributed by atoms with Gasteiger partial charge in [0.1, 0.15) is 0 Å². The van der Waals surface area contributed by atoms with Crippen molar-refractivity contribution < 1.29 is 18.0 Å². The molecule has 0 radical (unpaired) electrons. The van der Waals surface area contributed by atoms with E-state index in [2.05, 4.69) is 10.7 Å². The first-order chi connectivity index (χ1) is 5.43. The lowest BCUT2D eigenvalue weighted by Crippen LogP contribution is -2.25. The molecule has 1 heterocycles. The van der Waals surface area contributed by atoms with E-state index in [0.29, 0.717) is 6.20 Å². The van der Waals surface area contributed by atoms with Crippen LogP contribution in [0.4, 0.5) is 13.2 Å². The third-order valence-electron chi connectivity index (χ3n) is 1.13. The average molecular weight is 179 g/mol. The van der Waals surface area contributed by atoms with Gasteiger partial charge in [-0.3, -0.25) is 4.79 Å². The van der Waals surface area contributed by atoms with Gasteiger partial charge in [0.2, 0.25) is 5.82 Å². The van der Waals surface area contributed by atoms with Crippen LogP contribution in [0.15, 0.2) is 12.4 Å². The molecule has 0 atom stereocenters. The number of rotatable bonds is 1. The van der Waals surface area contributed by atoms with Crippen LogP contribution in [0.25, 0.3) is 0 Å². The maximum atomic E-state index is 12.0. The largest absolute Gasteiger partial charge is 0.490 e. The maximum Gasteiger partial charge on any atom is 0.490 e. The Kier molecular flexibility index (Phi) is 1.79. The van der Waals surface area contributed by atoms with Crippen molar-refractivity contribution in [2.75, 3.05) is 0 Å². The summed E-state index contributed by atoms with van der Waals surface area (Å²) in [7, 11) is 0. The Morgan fingerprint density at radius 3 is 2.50 bits per heavy atom. The second kappa shape index (κ2) is 2.50. The van der Waals surface area contributed by atoms with Crippen LogP contribution in [-0.4, -0.2) is 15.5 Å². The van der Waals surface area contributed by atoms with Crippen LogP contribution in [0, 0.1) is 0 Å². The monoisotopic (exact) mass is 179 g/mol. The average Bonchev–Trinajstić information content (AvgIpc) is 2.30. The van der Waals surface area contributed by atoms with Gasteiger partial charge < -0.3 is 5.73 Å². The molecule has 0 saturated carbocycles. The summed E-state index contributed by atoms with van der Waals surface area (Å²) >= 11 is 0. The summed E-state index contributed by atoms with van der Waals surface area (Å²) in [5, 5.41) is 0. The van der Waals surface area contributed by atoms with Crippen LogP contribution in [0.2, 0.25) is 0 Å². The number of halogens is 3. The van der Waals surface area contributed by atoms with Gasteiger partial charge >= 0.3 is 6.30 Å². The van der Waals surface area contributed by atoms with Crippen molar-refractivity contribution in [1.82, 2.24) is 9.55 Å². The number of carbonyl (C=O) groups is 1. The first-order valence-corrected chi connectivity index (χ1v) is 2.83. The summed E-state index contributed by atoms with van der Waals surface area (Å²) in [6.07, 6.45) is -3.17. The molecule has 0 fully saturated rings. The quantitative estimate of drug-likeness (QED) is 0.680. The lowest BCUT2D eigenvalue weighted by atomic mass is 10.6. The van der Waals surface area contributed by atoms with Crippen molar-refractivity contribution in [3.63, 3.8) is 0 Å². The molecule has 0 unspecified atom stereocenters. The molecular weight excluding hydrogens is 175 g/mol. The zero-order valence-electron chi connectivity index (χ0n) is 5.67. The summed E-state index contributed by atoms with van der Waals surface area (Å²) in [6.45, 7) is 0. The predicted molar refractivity (Wildman–Crippen MR) is 32.0 cm³/mol. The van der Waals surface area contributed by atoms with Crippen molar-refractivity contribution in [1.29, 1.82) is 0 Å². The fourth-order valence-electron chi connectivity index (χ4n) is 0.690. The Hall–Kier alpha value is -1.53. The van der Waals surface area contributed by atoms with Crippen molar-refractivity contribution in [3.8, 4) is 0 Å². The third kappa shape index (κ3) is 1.39. The van der Waals surface area contributed by atoms with E-state index in [9.17, 15) is 18.0 Å². The van der Waals surface area contributed by atoms with Crippen LogP contribution in [0.3, 0.4) is 0 Å². The van der Waals surface area contributed by atoms with Crippen LogP contribution < -0.4 is 5.73 Å². The molecule has 0 aliphatic heterocycles. The van der Waals surface area contributed by atoms with Crippen LogP contribution in [0.5, 0.6) is 0 Å². The highest BCUT2D eigenvalue weighted by Crippen LogP contribution is 2.22. The number of alkyl halides is 3. The number of aromatic nitrogens is 2. The maximum absolute atomic E-state index is 12.0. The number of primary amides is 1. The molecule has 1 aromatic heterocycles. The van der Waals surface area contributed by atoms with Crippen molar-refractivity contribution >= 4 is 5.91 Å². The van der Waals surface area contributed by atoms with Crippen LogP contribution in [0.1, 0.15) is 10.6 Å². The summed E-state index contributed by atoms with van der Waals surface area (Å²) in [5.41, 5.74) is 4.63. The van der Waals surface area contributed by atoms with E-state index in [4.69, 9.17) is 0 Å². The Balaban J connectivity index is 3.17. The van der Waals surface area contributed by atoms with Gasteiger partial charge in [-0.2, -0.15) is 0 Å². The highest BCUT2D eigenvalue weighted by Gasteiger charge is 2.34. The minimum absolute atomic E-state index is 0.241. The molecule has 2 N–H and O–H groups in total. The molecular formula is C5H4F3N3O. The molecule has 66 valence electrons. The SMILES string of the molecule is NC(=O)c1nccn1C(F)(F)F. The van der Waals surface area contributed by atoms with Gasteiger partial charge in [-0.25, -0.2) is 9.55 Å². The van der Waals surface area contributed by atoms with Gasteiger partial charge in [0.25, 0.3) is 5.91 Å². The fourth-order valence-corrected chi connectivity index (χ4v) is 0.690. The second-order valence-corrected chi connectivity index (χ2v) is 1.95. The minimum Gasteiger partial charge on any atom is -0.363 e. The summed E-state index contributed by atoms with van der Waals surface area (Å²) in [5.74, 6) is -2.03. The molecule has 0 bridgehead atoms. The number of imidazole rings is 1. The summed E-state index contributed by atoms with van der Waals surface area (Å²) in [4.78, 5) is 13.5. The van der Waals surface area contributed by atoms with Crippen molar-refractivity contribution in [2.45, 2.75) is 6.30 Å². The molecule has 7 heteroatoms.